The van der Waals surface area contributed by atoms with Gasteiger partial charge in [-0.1, -0.05) is 0 Å². The van der Waals surface area contributed by atoms with Gasteiger partial charge in [0, 0.05) is 30.8 Å². The van der Waals surface area contributed by atoms with Crippen LogP contribution in [0.5, 0.6) is 0 Å². The number of benzene rings is 1. The van der Waals surface area contributed by atoms with Crippen molar-refractivity contribution in [1.82, 2.24) is 15.3 Å². The second-order valence-corrected chi connectivity index (χ2v) is 4.16. The van der Waals surface area contributed by atoms with Crippen molar-refractivity contribution < 1.29 is 4.39 Å². The Morgan fingerprint density at radius 2 is 1.88 bits per heavy atom. The molecule has 0 bridgehead atoms. The maximum Gasteiger partial charge on any atom is 0.134 e. The molecule has 0 saturated carbocycles. The Labute approximate surface area is 98.7 Å². The van der Waals surface area contributed by atoms with Crippen molar-refractivity contribution >= 4 is 0 Å². The first-order chi connectivity index (χ1) is 8.33. The molecule has 1 saturated heterocycles. The van der Waals surface area contributed by atoms with Gasteiger partial charge >= 0.3 is 0 Å². The summed E-state index contributed by atoms with van der Waals surface area (Å²) in [5.74, 6) is 1.05. The van der Waals surface area contributed by atoms with Gasteiger partial charge in [-0.3, -0.25) is 0 Å². The van der Waals surface area contributed by atoms with Gasteiger partial charge in [-0.2, -0.15) is 0 Å². The number of halogens is 1. The molecular weight excluding hydrogens is 217 g/mol. The zero-order chi connectivity index (χ0) is 11.7. The van der Waals surface area contributed by atoms with E-state index < -0.39 is 0 Å². The van der Waals surface area contributed by atoms with Crippen LogP contribution in [-0.4, -0.2) is 23.1 Å². The van der Waals surface area contributed by atoms with E-state index in [-0.39, 0.29) is 5.82 Å². The zero-order valence-electron chi connectivity index (χ0n) is 9.23. The first-order valence-corrected chi connectivity index (χ1v) is 5.62. The Balaban J connectivity index is 1.94. The summed E-state index contributed by atoms with van der Waals surface area (Å²) < 4.78 is 12.8. The van der Waals surface area contributed by atoms with Crippen molar-refractivity contribution in [2.24, 2.45) is 0 Å². The normalized spacial score (nSPS) is 15.6. The van der Waals surface area contributed by atoms with Crippen LogP contribution >= 0.6 is 0 Å². The molecule has 4 heteroatoms. The van der Waals surface area contributed by atoms with E-state index in [1.807, 2.05) is 6.07 Å². The molecule has 2 heterocycles. The lowest BCUT2D eigenvalue weighted by molar-refractivity contribution is 0.430. The predicted molar refractivity (Wildman–Crippen MR) is 63.0 cm³/mol. The molecule has 3 rings (SSSR count). The maximum atomic E-state index is 12.8. The number of hydrogen-bond acceptors (Lipinski definition) is 3. The average Bonchev–Trinajstić information content (AvgIpc) is 2.28. The van der Waals surface area contributed by atoms with Crippen LogP contribution in [0.25, 0.3) is 11.3 Å². The van der Waals surface area contributed by atoms with Gasteiger partial charge < -0.3 is 5.32 Å². The van der Waals surface area contributed by atoms with Crippen LogP contribution in [0.15, 0.2) is 36.5 Å². The van der Waals surface area contributed by atoms with Crippen molar-refractivity contribution in [3.8, 4) is 11.3 Å². The van der Waals surface area contributed by atoms with Gasteiger partial charge in [-0.05, 0) is 30.3 Å². The van der Waals surface area contributed by atoms with Crippen LogP contribution in [0.1, 0.15) is 11.7 Å². The third kappa shape index (κ3) is 2.03. The van der Waals surface area contributed by atoms with Gasteiger partial charge in [0.05, 0.1) is 5.69 Å². The third-order valence-corrected chi connectivity index (χ3v) is 2.96. The van der Waals surface area contributed by atoms with Gasteiger partial charge in [-0.25, -0.2) is 14.4 Å². The topological polar surface area (TPSA) is 37.8 Å². The largest absolute Gasteiger partial charge is 0.315 e. The zero-order valence-corrected chi connectivity index (χ0v) is 9.23. The Hall–Kier alpha value is -1.81. The summed E-state index contributed by atoms with van der Waals surface area (Å²) in [7, 11) is 0. The molecule has 0 atom stereocenters. The second-order valence-electron chi connectivity index (χ2n) is 4.16. The highest BCUT2D eigenvalue weighted by molar-refractivity contribution is 5.58. The summed E-state index contributed by atoms with van der Waals surface area (Å²) in [6.45, 7) is 1.87. The van der Waals surface area contributed by atoms with Crippen LogP contribution in [0, 0.1) is 5.82 Å². The van der Waals surface area contributed by atoms with Crippen LogP contribution in [0.3, 0.4) is 0 Å². The highest BCUT2D eigenvalue weighted by Gasteiger charge is 2.21. The summed E-state index contributed by atoms with van der Waals surface area (Å²) in [5, 5.41) is 3.20. The minimum absolute atomic E-state index is 0.230. The first kappa shape index (κ1) is 10.4. The van der Waals surface area contributed by atoms with E-state index in [1.165, 1.54) is 12.1 Å². The van der Waals surface area contributed by atoms with E-state index in [4.69, 9.17) is 0 Å². The molecule has 0 spiro atoms. The number of nitrogens with zero attached hydrogens (tertiary/aromatic N) is 2. The molecule has 1 aliphatic rings. The molecule has 1 aromatic carbocycles. The van der Waals surface area contributed by atoms with E-state index in [0.717, 1.165) is 30.2 Å². The second kappa shape index (κ2) is 4.22. The first-order valence-electron chi connectivity index (χ1n) is 5.62. The van der Waals surface area contributed by atoms with Crippen LogP contribution in [0.4, 0.5) is 4.39 Å². The van der Waals surface area contributed by atoms with Crippen molar-refractivity contribution in [1.29, 1.82) is 0 Å². The summed E-state index contributed by atoms with van der Waals surface area (Å²) in [6, 6.07) is 8.22. The lowest BCUT2D eigenvalue weighted by atomic mass is 10.0. The van der Waals surface area contributed by atoms with E-state index >= 15 is 0 Å². The number of hydrogen-bond donors (Lipinski definition) is 1. The summed E-state index contributed by atoms with van der Waals surface area (Å²) >= 11 is 0. The summed E-state index contributed by atoms with van der Waals surface area (Å²) in [5.41, 5.74) is 1.77. The van der Waals surface area contributed by atoms with Gasteiger partial charge in [0.1, 0.15) is 11.6 Å². The molecular formula is C13H12FN3. The van der Waals surface area contributed by atoms with Crippen molar-refractivity contribution in [2.45, 2.75) is 5.92 Å². The van der Waals surface area contributed by atoms with Crippen LogP contribution in [-0.2, 0) is 0 Å². The lowest BCUT2D eigenvalue weighted by Crippen LogP contribution is -2.40. The number of aromatic nitrogens is 2. The molecule has 0 unspecified atom stereocenters. The Morgan fingerprint density at radius 1 is 1.12 bits per heavy atom. The molecule has 0 aliphatic carbocycles. The lowest BCUT2D eigenvalue weighted by Gasteiger charge is -2.25. The highest BCUT2D eigenvalue weighted by Crippen LogP contribution is 2.21. The monoisotopic (exact) mass is 229 g/mol. The average molecular weight is 229 g/mol. The van der Waals surface area contributed by atoms with Crippen molar-refractivity contribution in [3.63, 3.8) is 0 Å². The molecule has 0 amide bonds. The van der Waals surface area contributed by atoms with Crippen LogP contribution < -0.4 is 5.32 Å². The van der Waals surface area contributed by atoms with E-state index in [9.17, 15) is 4.39 Å². The van der Waals surface area contributed by atoms with E-state index in [0.29, 0.717) is 5.92 Å². The SMILES string of the molecule is Fc1ccc(-c2ccnc(C3CNC3)n2)cc1. The highest BCUT2D eigenvalue weighted by atomic mass is 19.1. The van der Waals surface area contributed by atoms with Crippen molar-refractivity contribution in [2.75, 3.05) is 13.1 Å². The molecule has 86 valence electrons. The van der Waals surface area contributed by atoms with E-state index in [1.54, 1.807) is 18.3 Å². The Morgan fingerprint density at radius 3 is 2.53 bits per heavy atom. The smallest absolute Gasteiger partial charge is 0.134 e. The molecule has 1 aliphatic heterocycles. The molecule has 1 aromatic heterocycles. The summed E-state index contributed by atoms with van der Waals surface area (Å²) in [6.07, 6.45) is 1.76. The van der Waals surface area contributed by atoms with Crippen molar-refractivity contribution in [3.05, 3.63) is 48.2 Å². The molecule has 1 fully saturated rings. The van der Waals surface area contributed by atoms with Gasteiger partial charge in [0.15, 0.2) is 0 Å². The Bertz CT molecular complexity index is 520. The molecule has 0 radical (unpaired) electrons. The minimum atomic E-state index is -0.230. The van der Waals surface area contributed by atoms with Gasteiger partial charge in [-0.15, -0.1) is 0 Å². The van der Waals surface area contributed by atoms with E-state index in [2.05, 4.69) is 15.3 Å². The summed E-state index contributed by atoms with van der Waals surface area (Å²) in [4.78, 5) is 8.80. The van der Waals surface area contributed by atoms with Gasteiger partial charge in [0.25, 0.3) is 0 Å². The maximum absolute atomic E-state index is 12.8. The third-order valence-electron chi connectivity index (χ3n) is 2.96. The van der Waals surface area contributed by atoms with Gasteiger partial charge in [0.2, 0.25) is 0 Å². The fraction of sp³-hybridized carbons (Fsp3) is 0.231. The fourth-order valence-corrected chi connectivity index (χ4v) is 1.82. The predicted octanol–water partition coefficient (Wildman–Crippen LogP) is 1.97. The molecule has 2 aromatic rings. The number of rotatable bonds is 2. The standard InChI is InChI=1S/C13H12FN3/c14-11-3-1-9(2-4-11)12-5-6-16-13(17-12)10-7-15-8-10/h1-6,10,15H,7-8H2. The molecule has 17 heavy (non-hydrogen) atoms. The van der Waals surface area contributed by atoms with Crippen LogP contribution in [0.2, 0.25) is 0 Å². The number of nitrogens with one attached hydrogen (secondary N) is 1. The minimum Gasteiger partial charge on any atom is -0.315 e. The molecule has 3 nitrogen and oxygen atoms in total. The fourth-order valence-electron chi connectivity index (χ4n) is 1.82. The quantitative estimate of drug-likeness (QED) is 0.855. The molecule has 1 N–H and O–H groups in total. The Kier molecular flexibility index (Phi) is 2.57.